The fourth-order valence-corrected chi connectivity index (χ4v) is 9.37. The molecule has 0 aromatic carbocycles. The Hall–Kier alpha value is -1.40. The Balaban J connectivity index is 4.51. The Bertz CT molecular complexity index is 986. The van der Waals surface area contributed by atoms with Crippen molar-refractivity contribution in [3.63, 3.8) is 0 Å². The van der Waals surface area contributed by atoms with Gasteiger partial charge >= 0.3 is 5.97 Å². The van der Waals surface area contributed by atoms with Crippen molar-refractivity contribution in [2.24, 2.45) is 0 Å². The first-order valence-corrected chi connectivity index (χ1v) is 29.4. The molecule has 0 aliphatic heterocycles. The summed E-state index contributed by atoms with van der Waals surface area (Å²) in [6.07, 6.45) is 61.3. The number of carbonyl (C=O) groups is 2. The van der Waals surface area contributed by atoms with E-state index in [1.165, 1.54) is 231 Å². The third-order valence-corrected chi connectivity index (χ3v) is 13.8. The molecule has 0 aromatic rings. The molecule has 0 aromatic heterocycles. The maximum atomic E-state index is 13.3. The van der Waals surface area contributed by atoms with E-state index in [9.17, 15) is 19.8 Å². The second-order valence-corrected chi connectivity index (χ2v) is 20.4. The zero-order chi connectivity index (χ0) is 47.4. The molecule has 3 unspecified atom stereocenters. The SMILES string of the molecule is CCCCCCCCC/C=C\CCCCCC(=O)OC(CCCCCCCCCCCCCCCCCC)CC(=O)NC(CO)C(O)CCCCCCCCCCCCCCCCCC. The zero-order valence-electron chi connectivity index (χ0n) is 44.2. The average Bonchev–Trinajstić information content (AvgIpc) is 3.30. The van der Waals surface area contributed by atoms with Crippen LogP contribution in [0.1, 0.15) is 329 Å². The van der Waals surface area contributed by atoms with E-state index in [0.717, 1.165) is 51.4 Å². The number of rotatable bonds is 54. The fraction of sp³-hybridized carbons (Fsp3) is 0.932. The molecule has 6 nitrogen and oxygen atoms in total. The monoisotopic (exact) mass is 918 g/mol. The highest BCUT2D eigenvalue weighted by molar-refractivity contribution is 5.77. The number of ether oxygens (including phenoxy) is 1. The molecular weight excluding hydrogens is 803 g/mol. The molecule has 1 amide bonds. The second-order valence-electron chi connectivity index (χ2n) is 20.4. The molecule has 386 valence electrons. The van der Waals surface area contributed by atoms with Gasteiger partial charge in [-0.1, -0.05) is 277 Å². The minimum atomic E-state index is -0.785. The molecule has 6 heteroatoms. The van der Waals surface area contributed by atoms with Gasteiger partial charge in [-0.3, -0.25) is 9.59 Å². The highest BCUT2D eigenvalue weighted by Gasteiger charge is 2.24. The van der Waals surface area contributed by atoms with E-state index in [0.29, 0.717) is 19.3 Å². The van der Waals surface area contributed by atoms with Crippen LogP contribution in [-0.4, -0.2) is 46.9 Å². The Morgan fingerprint density at radius 1 is 0.431 bits per heavy atom. The molecule has 0 rings (SSSR count). The Morgan fingerprint density at radius 3 is 1.09 bits per heavy atom. The van der Waals surface area contributed by atoms with E-state index in [-0.39, 0.29) is 24.9 Å². The van der Waals surface area contributed by atoms with Crippen LogP contribution in [0.2, 0.25) is 0 Å². The van der Waals surface area contributed by atoms with Gasteiger partial charge in [-0.05, 0) is 51.4 Å². The van der Waals surface area contributed by atoms with Crippen molar-refractivity contribution >= 4 is 11.9 Å². The molecule has 3 N–H and O–H groups in total. The third kappa shape index (κ3) is 48.9. The third-order valence-electron chi connectivity index (χ3n) is 13.8. The normalized spacial score (nSPS) is 13.1. The molecule has 0 radical (unpaired) electrons. The molecule has 0 spiro atoms. The summed E-state index contributed by atoms with van der Waals surface area (Å²) in [7, 11) is 0. The molecule has 0 saturated heterocycles. The summed E-state index contributed by atoms with van der Waals surface area (Å²) in [6.45, 7) is 6.53. The summed E-state index contributed by atoms with van der Waals surface area (Å²) in [5, 5.41) is 23.9. The van der Waals surface area contributed by atoms with Crippen LogP contribution < -0.4 is 5.32 Å². The second kappa shape index (κ2) is 53.6. The first kappa shape index (κ1) is 63.6. The van der Waals surface area contributed by atoms with Crippen LogP contribution in [0.4, 0.5) is 0 Å². The molecule has 65 heavy (non-hydrogen) atoms. The molecule has 3 atom stereocenters. The van der Waals surface area contributed by atoms with Crippen LogP contribution >= 0.6 is 0 Å². The molecular formula is C59H115NO5. The molecule has 0 aliphatic carbocycles. The van der Waals surface area contributed by atoms with Crippen LogP contribution in [0, 0.1) is 0 Å². The van der Waals surface area contributed by atoms with Crippen LogP contribution in [0.15, 0.2) is 12.2 Å². The van der Waals surface area contributed by atoms with E-state index >= 15 is 0 Å². The molecule has 0 heterocycles. The van der Waals surface area contributed by atoms with Gasteiger partial charge in [-0.25, -0.2) is 0 Å². The summed E-state index contributed by atoms with van der Waals surface area (Å²) < 4.78 is 5.96. The maximum Gasteiger partial charge on any atom is 0.306 e. The van der Waals surface area contributed by atoms with Gasteiger partial charge in [-0.2, -0.15) is 0 Å². The van der Waals surface area contributed by atoms with E-state index in [1.54, 1.807) is 0 Å². The number of carbonyl (C=O) groups excluding carboxylic acids is 2. The largest absolute Gasteiger partial charge is 0.462 e. The summed E-state index contributed by atoms with van der Waals surface area (Å²) in [6, 6.07) is -0.699. The number of amides is 1. The number of allylic oxidation sites excluding steroid dienone is 2. The fourth-order valence-electron chi connectivity index (χ4n) is 9.37. The van der Waals surface area contributed by atoms with Gasteiger partial charge in [0, 0.05) is 6.42 Å². The van der Waals surface area contributed by atoms with E-state index in [2.05, 4.69) is 38.2 Å². The molecule has 0 aliphatic rings. The van der Waals surface area contributed by atoms with Crippen molar-refractivity contribution < 1.29 is 24.5 Å². The zero-order valence-corrected chi connectivity index (χ0v) is 44.2. The summed E-state index contributed by atoms with van der Waals surface area (Å²) in [5.74, 6) is -0.469. The first-order chi connectivity index (χ1) is 32.0. The first-order valence-electron chi connectivity index (χ1n) is 29.4. The van der Waals surface area contributed by atoms with Crippen molar-refractivity contribution in [1.29, 1.82) is 0 Å². The predicted molar refractivity (Wildman–Crippen MR) is 283 cm³/mol. The number of aliphatic hydroxyl groups is 2. The summed E-state index contributed by atoms with van der Waals surface area (Å²) in [4.78, 5) is 26.3. The lowest BCUT2D eigenvalue weighted by Crippen LogP contribution is -2.46. The number of unbranched alkanes of at least 4 members (excludes halogenated alkanes) is 40. The lowest BCUT2D eigenvalue weighted by Gasteiger charge is -2.24. The lowest BCUT2D eigenvalue weighted by atomic mass is 10.0. The van der Waals surface area contributed by atoms with Crippen molar-refractivity contribution in [2.45, 2.75) is 347 Å². The number of esters is 1. The van der Waals surface area contributed by atoms with Crippen molar-refractivity contribution in [2.75, 3.05) is 6.61 Å². The van der Waals surface area contributed by atoms with Crippen molar-refractivity contribution in [3.8, 4) is 0 Å². The van der Waals surface area contributed by atoms with Crippen LogP contribution in [0.25, 0.3) is 0 Å². The predicted octanol–water partition coefficient (Wildman–Crippen LogP) is 18.1. The van der Waals surface area contributed by atoms with Crippen LogP contribution in [-0.2, 0) is 14.3 Å². The summed E-state index contributed by atoms with van der Waals surface area (Å²) in [5.41, 5.74) is 0. The number of hydrogen-bond donors (Lipinski definition) is 3. The van der Waals surface area contributed by atoms with Gasteiger partial charge in [0.1, 0.15) is 6.10 Å². The van der Waals surface area contributed by atoms with Crippen LogP contribution in [0.3, 0.4) is 0 Å². The topological polar surface area (TPSA) is 95.9 Å². The van der Waals surface area contributed by atoms with Crippen molar-refractivity contribution in [3.05, 3.63) is 12.2 Å². The Morgan fingerprint density at radius 2 is 0.738 bits per heavy atom. The quantitative estimate of drug-likeness (QED) is 0.0321. The number of hydrogen-bond acceptors (Lipinski definition) is 5. The van der Waals surface area contributed by atoms with E-state index in [1.807, 2.05) is 0 Å². The Labute approximate surface area is 406 Å². The maximum absolute atomic E-state index is 13.3. The average molecular weight is 919 g/mol. The summed E-state index contributed by atoms with van der Waals surface area (Å²) >= 11 is 0. The lowest BCUT2D eigenvalue weighted by molar-refractivity contribution is -0.151. The van der Waals surface area contributed by atoms with Gasteiger partial charge < -0.3 is 20.3 Å². The van der Waals surface area contributed by atoms with E-state index in [4.69, 9.17) is 4.74 Å². The van der Waals surface area contributed by atoms with Gasteiger partial charge in [-0.15, -0.1) is 0 Å². The van der Waals surface area contributed by atoms with Gasteiger partial charge in [0.05, 0.1) is 25.2 Å². The molecule has 0 saturated carbocycles. The minimum Gasteiger partial charge on any atom is -0.462 e. The number of nitrogens with one attached hydrogen (secondary N) is 1. The van der Waals surface area contributed by atoms with Crippen molar-refractivity contribution in [1.82, 2.24) is 5.32 Å². The minimum absolute atomic E-state index is 0.0796. The Kier molecular flexibility index (Phi) is 52.4. The molecule has 0 fully saturated rings. The molecule has 0 bridgehead atoms. The number of aliphatic hydroxyl groups excluding tert-OH is 2. The highest BCUT2D eigenvalue weighted by atomic mass is 16.5. The highest BCUT2D eigenvalue weighted by Crippen LogP contribution is 2.19. The van der Waals surface area contributed by atoms with Gasteiger partial charge in [0.15, 0.2) is 0 Å². The van der Waals surface area contributed by atoms with Gasteiger partial charge in [0.25, 0.3) is 0 Å². The smallest absolute Gasteiger partial charge is 0.306 e. The van der Waals surface area contributed by atoms with E-state index < -0.39 is 18.2 Å². The van der Waals surface area contributed by atoms with Crippen LogP contribution in [0.5, 0.6) is 0 Å². The standard InChI is InChI=1S/C59H115NO5/c1-4-7-10-13-16-19-22-25-28-30-32-35-38-41-44-47-50-55(65-59(64)52-49-46-43-40-37-34-27-24-21-18-15-12-9-6-3)53-58(63)60-56(54-61)57(62)51-48-45-42-39-36-33-31-29-26-23-20-17-14-11-8-5-2/h34,37,55-57,61-62H,4-33,35-36,38-54H2,1-3H3,(H,60,63)/b37-34-. The van der Waals surface area contributed by atoms with Gasteiger partial charge in [0.2, 0.25) is 5.91 Å².